The first-order valence-electron chi connectivity index (χ1n) is 7.12. The van der Waals surface area contributed by atoms with Crippen molar-refractivity contribution in [1.29, 1.82) is 0 Å². The predicted molar refractivity (Wildman–Crippen MR) is 79.3 cm³/mol. The van der Waals surface area contributed by atoms with E-state index in [9.17, 15) is 9.59 Å². The molecule has 5 heteroatoms. The molecule has 3 rings (SSSR count). The highest BCUT2D eigenvalue weighted by Gasteiger charge is 2.57. The van der Waals surface area contributed by atoms with Crippen LogP contribution in [0.2, 0.25) is 0 Å². The lowest BCUT2D eigenvalue weighted by atomic mass is 9.74. The minimum Gasteiger partial charge on any atom is -0.444 e. The molecule has 1 saturated heterocycles. The first kappa shape index (κ1) is 13.9. The summed E-state index contributed by atoms with van der Waals surface area (Å²) < 4.78 is 5.35. The maximum absolute atomic E-state index is 12.3. The summed E-state index contributed by atoms with van der Waals surface area (Å²) in [5, 5.41) is 2.91. The van der Waals surface area contributed by atoms with E-state index < -0.39 is 11.0 Å². The Labute approximate surface area is 124 Å². The van der Waals surface area contributed by atoms with Crippen LogP contribution in [-0.4, -0.2) is 35.6 Å². The van der Waals surface area contributed by atoms with E-state index in [1.807, 2.05) is 45.9 Å². The molecule has 0 radical (unpaired) electrons. The van der Waals surface area contributed by atoms with Gasteiger partial charge in [0.15, 0.2) is 0 Å². The third-order valence-corrected chi connectivity index (χ3v) is 3.95. The van der Waals surface area contributed by atoms with Gasteiger partial charge in [0.25, 0.3) is 0 Å². The zero-order valence-electron chi connectivity index (χ0n) is 12.8. The smallest absolute Gasteiger partial charge is 0.410 e. The number of anilines is 1. The number of carbonyl (C=O) groups is 2. The fourth-order valence-electron chi connectivity index (χ4n) is 2.90. The van der Waals surface area contributed by atoms with Gasteiger partial charge in [0.05, 0.1) is 0 Å². The van der Waals surface area contributed by atoms with E-state index in [1.165, 1.54) is 0 Å². The van der Waals surface area contributed by atoms with Gasteiger partial charge in [-0.05, 0) is 39.3 Å². The number of nitrogens with zero attached hydrogens (tertiary/aromatic N) is 1. The average molecular weight is 288 g/mol. The minimum absolute atomic E-state index is 0.0251. The van der Waals surface area contributed by atoms with Gasteiger partial charge in [0, 0.05) is 18.8 Å². The summed E-state index contributed by atoms with van der Waals surface area (Å²) in [5.41, 5.74) is 1.84. The number of fused-ring (bicyclic) bond motifs is 2. The van der Waals surface area contributed by atoms with E-state index in [4.69, 9.17) is 4.74 Å². The molecule has 1 aromatic rings. The predicted octanol–water partition coefficient (Wildman–Crippen LogP) is 2.44. The molecule has 0 unspecified atom stereocenters. The molecule has 0 saturated carbocycles. The fourth-order valence-corrected chi connectivity index (χ4v) is 2.90. The van der Waals surface area contributed by atoms with Crippen LogP contribution >= 0.6 is 0 Å². The van der Waals surface area contributed by atoms with Crippen molar-refractivity contribution in [3.63, 3.8) is 0 Å². The molecule has 2 aliphatic rings. The molecular formula is C16H20N2O3. The van der Waals surface area contributed by atoms with Crippen LogP contribution < -0.4 is 5.32 Å². The first-order valence-corrected chi connectivity index (χ1v) is 7.12. The van der Waals surface area contributed by atoms with Crippen molar-refractivity contribution < 1.29 is 14.3 Å². The summed E-state index contributed by atoms with van der Waals surface area (Å²) in [6.07, 6.45) is -0.359. The monoisotopic (exact) mass is 288 g/mol. The van der Waals surface area contributed by atoms with Crippen molar-refractivity contribution in [3.8, 4) is 0 Å². The fraction of sp³-hybridized carbons (Fsp3) is 0.500. The molecule has 0 aromatic heterocycles. The highest BCUT2D eigenvalue weighted by atomic mass is 16.6. The van der Waals surface area contributed by atoms with Crippen molar-refractivity contribution in [1.82, 2.24) is 4.90 Å². The summed E-state index contributed by atoms with van der Waals surface area (Å²) in [5.74, 6) is -0.0251. The lowest BCUT2D eigenvalue weighted by molar-refractivity contribution is -0.126. The molecule has 21 heavy (non-hydrogen) atoms. The zero-order chi connectivity index (χ0) is 15.4. The maximum Gasteiger partial charge on any atom is 0.410 e. The highest BCUT2D eigenvalue weighted by Crippen LogP contribution is 2.44. The quantitative estimate of drug-likeness (QED) is 0.797. The number of amides is 2. The molecule has 1 aromatic carbocycles. The van der Waals surface area contributed by atoms with Crippen molar-refractivity contribution in [2.75, 3.05) is 18.4 Å². The SMILES string of the molecule is Cc1ccc2c(c1)C1(CN(C(=O)OC(C)(C)C)C1)C(=O)N2. The molecule has 0 bridgehead atoms. The van der Waals surface area contributed by atoms with Gasteiger partial charge in [-0.2, -0.15) is 0 Å². The second-order valence-electron chi connectivity index (χ2n) is 6.92. The molecule has 2 heterocycles. The summed E-state index contributed by atoms with van der Waals surface area (Å²) in [6.45, 7) is 8.26. The Kier molecular flexibility index (Phi) is 2.80. The van der Waals surface area contributed by atoms with Gasteiger partial charge >= 0.3 is 6.09 Å². The van der Waals surface area contributed by atoms with Crippen LogP contribution in [0.1, 0.15) is 31.9 Å². The van der Waals surface area contributed by atoms with Crippen LogP contribution in [0.3, 0.4) is 0 Å². The second kappa shape index (κ2) is 4.23. The van der Waals surface area contributed by atoms with Crippen molar-refractivity contribution in [2.45, 2.75) is 38.7 Å². The molecule has 112 valence electrons. The number of hydrogen-bond acceptors (Lipinski definition) is 3. The minimum atomic E-state index is -0.599. The van der Waals surface area contributed by atoms with Gasteiger partial charge in [0.1, 0.15) is 11.0 Å². The van der Waals surface area contributed by atoms with Crippen LogP contribution in [0.5, 0.6) is 0 Å². The Hall–Kier alpha value is -2.04. The highest BCUT2D eigenvalue weighted by molar-refractivity contribution is 6.08. The molecule has 0 atom stereocenters. The molecule has 0 aliphatic carbocycles. The van der Waals surface area contributed by atoms with Crippen LogP contribution in [0.15, 0.2) is 18.2 Å². The zero-order valence-corrected chi connectivity index (χ0v) is 12.8. The van der Waals surface area contributed by atoms with Crippen LogP contribution in [0, 0.1) is 6.92 Å². The number of nitrogens with one attached hydrogen (secondary N) is 1. The lowest BCUT2D eigenvalue weighted by Gasteiger charge is -2.46. The Balaban J connectivity index is 1.80. The van der Waals surface area contributed by atoms with Crippen LogP contribution in [0.25, 0.3) is 0 Å². The standard InChI is InChI=1S/C16H20N2O3/c1-10-5-6-12-11(7-10)16(13(19)17-12)8-18(9-16)14(20)21-15(2,3)4/h5-7H,8-9H2,1-4H3,(H,17,19). The molecule has 1 fully saturated rings. The summed E-state index contributed by atoms with van der Waals surface area (Å²) in [4.78, 5) is 25.9. The van der Waals surface area contributed by atoms with Crippen LogP contribution in [-0.2, 0) is 14.9 Å². The van der Waals surface area contributed by atoms with Gasteiger partial charge in [-0.1, -0.05) is 17.7 Å². The normalized spacial score (nSPS) is 19.0. The Morgan fingerprint density at radius 2 is 2.00 bits per heavy atom. The Morgan fingerprint density at radius 3 is 2.62 bits per heavy atom. The topological polar surface area (TPSA) is 58.6 Å². The number of hydrogen-bond donors (Lipinski definition) is 1. The lowest BCUT2D eigenvalue weighted by Crippen LogP contribution is -2.64. The third-order valence-electron chi connectivity index (χ3n) is 3.95. The largest absolute Gasteiger partial charge is 0.444 e. The van der Waals surface area contributed by atoms with Crippen molar-refractivity contribution in [3.05, 3.63) is 29.3 Å². The number of carbonyl (C=O) groups excluding carboxylic acids is 2. The average Bonchev–Trinajstić information content (AvgIpc) is 2.56. The van der Waals surface area contributed by atoms with Crippen molar-refractivity contribution in [2.24, 2.45) is 0 Å². The number of likely N-dealkylation sites (tertiary alicyclic amines) is 1. The number of ether oxygens (including phenoxy) is 1. The second-order valence-corrected chi connectivity index (χ2v) is 6.92. The summed E-state index contributed by atoms with van der Waals surface area (Å²) in [7, 11) is 0. The summed E-state index contributed by atoms with van der Waals surface area (Å²) >= 11 is 0. The van der Waals surface area contributed by atoms with Gasteiger partial charge in [0.2, 0.25) is 5.91 Å². The van der Waals surface area contributed by atoms with E-state index in [1.54, 1.807) is 4.90 Å². The Morgan fingerprint density at radius 1 is 1.33 bits per heavy atom. The molecule has 2 amide bonds. The van der Waals surface area contributed by atoms with E-state index in [0.717, 1.165) is 16.8 Å². The van der Waals surface area contributed by atoms with E-state index >= 15 is 0 Å². The van der Waals surface area contributed by atoms with Gasteiger partial charge in [-0.3, -0.25) is 4.79 Å². The van der Waals surface area contributed by atoms with E-state index in [-0.39, 0.29) is 12.0 Å². The molecule has 2 aliphatic heterocycles. The van der Waals surface area contributed by atoms with Crippen molar-refractivity contribution >= 4 is 17.7 Å². The maximum atomic E-state index is 12.3. The van der Waals surface area contributed by atoms with Gasteiger partial charge < -0.3 is 15.0 Å². The Bertz CT molecular complexity index is 625. The van der Waals surface area contributed by atoms with E-state index in [0.29, 0.717) is 13.1 Å². The van der Waals surface area contributed by atoms with Crippen LogP contribution in [0.4, 0.5) is 10.5 Å². The summed E-state index contributed by atoms with van der Waals surface area (Å²) in [6, 6.07) is 5.93. The molecule has 1 spiro atoms. The number of benzene rings is 1. The molecule has 1 N–H and O–H groups in total. The number of rotatable bonds is 0. The first-order chi connectivity index (χ1) is 9.71. The molecule has 5 nitrogen and oxygen atoms in total. The number of aryl methyl sites for hydroxylation is 1. The third kappa shape index (κ3) is 2.17. The van der Waals surface area contributed by atoms with E-state index in [2.05, 4.69) is 5.32 Å². The molecular weight excluding hydrogens is 268 g/mol. The van der Waals surface area contributed by atoms with Gasteiger partial charge in [-0.15, -0.1) is 0 Å². The van der Waals surface area contributed by atoms with Gasteiger partial charge in [-0.25, -0.2) is 4.79 Å².